The van der Waals surface area contributed by atoms with E-state index in [0.29, 0.717) is 50.3 Å². The van der Waals surface area contributed by atoms with E-state index in [0.717, 1.165) is 12.1 Å². The molecule has 1 aromatic heterocycles. The van der Waals surface area contributed by atoms with Gasteiger partial charge in [0, 0.05) is 55.9 Å². The molecule has 4 rings (SSSR count). The molecular weight excluding hydrogens is 354 g/mol. The van der Waals surface area contributed by atoms with Crippen LogP contribution in [0.2, 0.25) is 0 Å². The Morgan fingerprint density at radius 3 is 3.12 bits per heavy atom. The lowest BCUT2D eigenvalue weighted by Gasteiger charge is -2.57. The maximum Gasteiger partial charge on any atom is 0.233 e. The molecule has 0 aromatic carbocycles. The van der Waals surface area contributed by atoms with E-state index in [4.69, 9.17) is 9.47 Å². The number of carbonyl (C=O) groups excluding carboxylic acids is 1. The van der Waals surface area contributed by atoms with Crippen LogP contribution in [0.15, 0.2) is 17.4 Å². The third-order valence-corrected chi connectivity index (χ3v) is 6.72. The second-order valence-electron chi connectivity index (χ2n) is 7.37. The third kappa shape index (κ3) is 3.35. The van der Waals surface area contributed by atoms with E-state index in [1.54, 1.807) is 6.20 Å². The first-order chi connectivity index (χ1) is 12.6. The molecule has 1 amide bonds. The fraction of sp³-hybridized carbons (Fsp3) is 0.722. The van der Waals surface area contributed by atoms with Gasteiger partial charge in [-0.2, -0.15) is 0 Å². The minimum Gasteiger partial charge on any atom is -0.389 e. The number of rotatable bonds is 3. The van der Waals surface area contributed by atoms with E-state index >= 15 is 0 Å². The third-order valence-electron chi connectivity index (χ3n) is 5.87. The fourth-order valence-electron chi connectivity index (χ4n) is 4.45. The van der Waals surface area contributed by atoms with Gasteiger partial charge in [0.15, 0.2) is 5.16 Å². The molecule has 0 radical (unpaired) electrons. The SMILES string of the molecule is Cc1ccnc(SCC(=O)N2C[C@@H]3COCC[C@]3(O)[C@H]3COCC[C@H]32)n1. The molecule has 3 fully saturated rings. The summed E-state index contributed by atoms with van der Waals surface area (Å²) in [4.78, 5) is 23.5. The number of hydrogen-bond acceptors (Lipinski definition) is 7. The van der Waals surface area contributed by atoms with Gasteiger partial charge in [-0.3, -0.25) is 4.79 Å². The van der Waals surface area contributed by atoms with Crippen molar-refractivity contribution < 1.29 is 19.4 Å². The van der Waals surface area contributed by atoms with Gasteiger partial charge in [0.1, 0.15) is 0 Å². The Labute approximate surface area is 157 Å². The van der Waals surface area contributed by atoms with Crippen molar-refractivity contribution in [3.8, 4) is 0 Å². The normalized spacial score (nSPS) is 34.1. The first-order valence-corrected chi connectivity index (χ1v) is 10.2. The Kier molecular flexibility index (Phi) is 5.18. The summed E-state index contributed by atoms with van der Waals surface area (Å²) in [6.45, 7) is 4.68. The number of aromatic nitrogens is 2. The summed E-state index contributed by atoms with van der Waals surface area (Å²) in [5.74, 6) is 0.288. The topological polar surface area (TPSA) is 84.8 Å². The summed E-state index contributed by atoms with van der Waals surface area (Å²) in [5, 5.41) is 11.9. The summed E-state index contributed by atoms with van der Waals surface area (Å²) in [6, 6.07) is 1.88. The Hall–Kier alpha value is -1.22. The van der Waals surface area contributed by atoms with Crippen LogP contribution in [0.4, 0.5) is 0 Å². The van der Waals surface area contributed by atoms with Crippen LogP contribution in [-0.2, 0) is 14.3 Å². The molecule has 0 spiro atoms. The van der Waals surface area contributed by atoms with Crippen molar-refractivity contribution in [2.75, 3.05) is 38.7 Å². The van der Waals surface area contributed by atoms with Gasteiger partial charge in [-0.25, -0.2) is 9.97 Å². The minimum absolute atomic E-state index is 0.0367. The molecule has 26 heavy (non-hydrogen) atoms. The van der Waals surface area contributed by atoms with Gasteiger partial charge < -0.3 is 19.5 Å². The average molecular weight is 379 g/mol. The van der Waals surface area contributed by atoms with Gasteiger partial charge in [0.2, 0.25) is 5.91 Å². The molecule has 4 heterocycles. The highest BCUT2D eigenvalue weighted by Gasteiger charge is 2.56. The fourth-order valence-corrected chi connectivity index (χ4v) is 5.21. The number of hydrogen-bond donors (Lipinski definition) is 1. The molecule has 1 N–H and O–H groups in total. The Morgan fingerprint density at radius 1 is 1.42 bits per heavy atom. The molecule has 0 aliphatic carbocycles. The van der Waals surface area contributed by atoms with Gasteiger partial charge in [0.05, 0.1) is 24.6 Å². The molecule has 3 aliphatic rings. The number of likely N-dealkylation sites (tertiary alicyclic amines) is 1. The Balaban J connectivity index is 1.48. The van der Waals surface area contributed by atoms with Crippen molar-refractivity contribution in [1.82, 2.24) is 14.9 Å². The molecule has 3 saturated heterocycles. The van der Waals surface area contributed by atoms with Crippen LogP contribution in [-0.4, -0.2) is 76.2 Å². The quantitative estimate of drug-likeness (QED) is 0.617. The van der Waals surface area contributed by atoms with Gasteiger partial charge in [-0.15, -0.1) is 0 Å². The Bertz CT molecular complexity index is 676. The minimum atomic E-state index is -0.785. The van der Waals surface area contributed by atoms with E-state index in [1.165, 1.54) is 11.8 Å². The lowest BCUT2D eigenvalue weighted by Crippen LogP contribution is -2.69. The van der Waals surface area contributed by atoms with E-state index in [2.05, 4.69) is 9.97 Å². The van der Waals surface area contributed by atoms with Gasteiger partial charge in [0.25, 0.3) is 0 Å². The zero-order chi connectivity index (χ0) is 18.1. The standard InChI is InChI=1S/C18H25N3O4S/c1-12-2-5-19-17(20-12)26-11-16(22)21-8-13-9-25-7-4-18(13,23)14-10-24-6-3-15(14)21/h2,5,13-15,23H,3-4,6-11H2,1H3/t13-,14+,15-,18-/m1/s1. The van der Waals surface area contributed by atoms with Crippen LogP contribution in [0.25, 0.3) is 0 Å². The molecule has 0 unspecified atom stereocenters. The number of nitrogens with zero attached hydrogens (tertiary/aromatic N) is 3. The van der Waals surface area contributed by atoms with Gasteiger partial charge in [-0.1, -0.05) is 11.8 Å². The summed E-state index contributed by atoms with van der Waals surface area (Å²) in [5.41, 5.74) is 0.106. The molecule has 0 saturated carbocycles. The summed E-state index contributed by atoms with van der Waals surface area (Å²) < 4.78 is 11.3. The number of aliphatic hydroxyl groups is 1. The molecule has 0 bridgehead atoms. The van der Waals surface area contributed by atoms with Gasteiger partial charge in [-0.05, 0) is 19.4 Å². The number of aryl methyl sites for hydroxylation is 1. The van der Waals surface area contributed by atoms with Crippen molar-refractivity contribution in [2.45, 2.75) is 36.6 Å². The summed E-state index contributed by atoms with van der Waals surface area (Å²) in [6.07, 6.45) is 3.11. The maximum absolute atomic E-state index is 13.0. The van der Waals surface area contributed by atoms with Crippen molar-refractivity contribution in [1.29, 1.82) is 0 Å². The van der Waals surface area contributed by atoms with Crippen LogP contribution in [0.3, 0.4) is 0 Å². The number of thioether (sulfide) groups is 1. The smallest absolute Gasteiger partial charge is 0.233 e. The van der Waals surface area contributed by atoms with Crippen LogP contribution in [0.1, 0.15) is 18.5 Å². The number of carbonyl (C=O) groups is 1. The number of fused-ring (bicyclic) bond motifs is 3. The molecule has 4 atom stereocenters. The predicted molar refractivity (Wildman–Crippen MR) is 95.8 cm³/mol. The van der Waals surface area contributed by atoms with Crippen molar-refractivity contribution in [2.24, 2.45) is 11.8 Å². The van der Waals surface area contributed by atoms with Crippen LogP contribution in [0, 0.1) is 18.8 Å². The first kappa shape index (κ1) is 18.2. The number of amides is 1. The highest BCUT2D eigenvalue weighted by Crippen LogP contribution is 2.44. The van der Waals surface area contributed by atoms with Crippen molar-refractivity contribution in [3.63, 3.8) is 0 Å². The van der Waals surface area contributed by atoms with Gasteiger partial charge >= 0.3 is 0 Å². The van der Waals surface area contributed by atoms with Crippen molar-refractivity contribution >= 4 is 17.7 Å². The van der Waals surface area contributed by atoms with E-state index in [9.17, 15) is 9.90 Å². The van der Waals surface area contributed by atoms with Crippen LogP contribution < -0.4 is 0 Å². The zero-order valence-corrected chi connectivity index (χ0v) is 15.8. The van der Waals surface area contributed by atoms with Crippen LogP contribution >= 0.6 is 11.8 Å². The zero-order valence-electron chi connectivity index (χ0n) is 15.0. The van der Waals surface area contributed by atoms with Crippen LogP contribution in [0.5, 0.6) is 0 Å². The molecule has 142 valence electrons. The van der Waals surface area contributed by atoms with E-state index in [-0.39, 0.29) is 23.8 Å². The lowest BCUT2D eigenvalue weighted by atomic mass is 9.66. The molecule has 1 aromatic rings. The Morgan fingerprint density at radius 2 is 2.27 bits per heavy atom. The monoisotopic (exact) mass is 379 g/mol. The number of piperidine rings is 1. The molecule has 7 nitrogen and oxygen atoms in total. The molecular formula is C18H25N3O4S. The maximum atomic E-state index is 13.0. The molecule has 8 heteroatoms. The second-order valence-corrected chi connectivity index (χ2v) is 8.31. The van der Waals surface area contributed by atoms with E-state index < -0.39 is 5.60 Å². The summed E-state index contributed by atoms with van der Waals surface area (Å²) >= 11 is 1.37. The average Bonchev–Trinajstić information content (AvgIpc) is 2.66. The largest absolute Gasteiger partial charge is 0.389 e. The highest BCUT2D eigenvalue weighted by atomic mass is 32.2. The second kappa shape index (κ2) is 7.42. The van der Waals surface area contributed by atoms with E-state index in [1.807, 2.05) is 17.9 Å². The number of ether oxygens (including phenoxy) is 2. The first-order valence-electron chi connectivity index (χ1n) is 9.18. The summed E-state index contributed by atoms with van der Waals surface area (Å²) in [7, 11) is 0. The highest BCUT2D eigenvalue weighted by molar-refractivity contribution is 7.99. The molecule has 3 aliphatic heterocycles. The van der Waals surface area contributed by atoms with Crippen molar-refractivity contribution in [3.05, 3.63) is 18.0 Å². The lowest BCUT2D eigenvalue weighted by molar-refractivity contribution is -0.218. The predicted octanol–water partition coefficient (Wildman–Crippen LogP) is 0.892.